The molecule has 0 aromatic carbocycles. The van der Waals surface area contributed by atoms with Crippen LogP contribution in [0.2, 0.25) is 0 Å². The van der Waals surface area contributed by atoms with Gasteiger partial charge in [0.15, 0.2) is 0 Å². The van der Waals surface area contributed by atoms with Crippen molar-refractivity contribution < 1.29 is 335 Å². The molecule has 0 atom stereocenters. The van der Waals surface area contributed by atoms with Gasteiger partial charge in [-0.1, -0.05) is 0 Å². The average Bonchev–Trinajstić information content (AvgIpc) is 0. The normalized spacial score (nSPS) is 0. The molecule has 0 aliphatic rings. The minimum Gasteiger partial charge on any atom is -0.412 e. The van der Waals surface area contributed by atoms with E-state index in [1.54, 1.807) is 0 Å². The zero-order chi connectivity index (χ0) is 0. The fourth-order valence-electron chi connectivity index (χ4n) is 0. The van der Waals surface area contributed by atoms with Crippen LogP contribution in [0, 0.1) is 0 Å². The molecular formula is H60Fe10O30. The third-order valence-electron chi connectivity index (χ3n) is 0. The fraction of sp³-hybridized carbons (Fsp3) is 0. The van der Waals surface area contributed by atoms with Gasteiger partial charge in [-0.05, 0) is 0 Å². The molecule has 0 heterocycles. The number of rotatable bonds is 0. The van der Waals surface area contributed by atoms with Gasteiger partial charge in [-0.15, -0.1) is 0 Å². The van der Waals surface area contributed by atoms with Crippen LogP contribution in [0.15, 0.2) is 0 Å². The molecule has 320 valence electrons. The van der Waals surface area contributed by atoms with Crippen LogP contribution in [-0.4, -0.2) is 164 Å². The van der Waals surface area contributed by atoms with Crippen LogP contribution in [0.5, 0.6) is 0 Å². The monoisotopic (exact) mass is 1100 g/mol. The molecular weight excluding hydrogens is 1040 g/mol. The van der Waals surface area contributed by atoms with E-state index in [1.165, 1.54) is 0 Å². The molecule has 0 saturated heterocycles. The first-order chi connectivity index (χ1) is 0. The van der Waals surface area contributed by atoms with Crippen molar-refractivity contribution in [1.82, 2.24) is 0 Å². The van der Waals surface area contributed by atoms with E-state index in [0.717, 1.165) is 0 Å². The summed E-state index contributed by atoms with van der Waals surface area (Å²) in [5, 5.41) is 0. The predicted octanol–water partition coefficient (Wildman–Crippen LogP) is -24.8. The van der Waals surface area contributed by atoms with Crippen LogP contribution < -0.4 is 0 Å². The first kappa shape index (κ1) is 5100. The maximum absolute atomic E-state index is 0. The van der Waals surface area contributed by atoms with Gasteiger partial charge in [-0.2, -0.15) is 0 Å². The Morgan fingerprint density at radius 3 is 0.0500 bits per heavy atom. The smallest absolute Gasteiger partial charge is 0 e. The van der Waals surface area contributed by atoms with Crippen LogP contribution in [0.25, 0.3) is 0 Å². The van der Waals surface area contributed by atoms with Crippen LogP contribution in [-0.2, 0) is 171 Å². The summed E-state index contributed by atoms with van der Waals surface area (Å²) in [7, 11) is 0. The molecule has 0 aliphatic heterocycles. The van der Waals surface area contributed by atoms with Gasteiger partial charge >= 0.3 is 0 Å². The van der Waals surface area contributed by atoms with Crippen LogP contribution in [0.1, 0.15) is 0 Å². The molecule has 40 heteroatoms. The Bertz CT molecular complexity index is 32.5. The van der Waals surface area contributed by atoms with E-state index in [1.807, 2.05) is 0 Å². The van der Waals surface area contributed by atoms with Gasteiger partial charge in [0.25, 0.3) is 0 Å². The van der Waals surface area contributed by atoms with Crippen molar-refractivity contribution in [2.75, 3.05) is 0 Å². The van der Waals surface area contributed by atoms with Gasteiger partial charge in [-0.25, -0.2) is 0 Å². The SMILES string of the molecule is O.O.O.O.O.O.O.O.O.O.O.O.O.O.O.O.O.O.O.O.O.O.O.O.O.O.O.O.O.O.[Fe].[Fe].[Fe].[Fe].[Fe].[Fe].[Fe].[Fe].[Fe].[Fe]. The Balaban J connectivity index is 0. The Hall–Kier alpha value is 3.99. The average molecular weight is 1100 g/mol. The third-order valence-corrected chi connectivity index (χ3v) is 0. The molecule has 0 rings (SSSR count). The summed E-state index contributed by atoms with van der Waals surface area (Å²) in [6.45, 7) is 0. The van der Waals surface area contributed by atoms with Gasteiger partial charge in [0.2, 0.25) is 0 Å². The molecule has 0 spiro atoms. The van der Waals surface area contributed by atoms with Crippen molar-refractivity contribution in [3.8, 4) is 0 Å². The summed E-state index contributed by atoms with van der Waals surface area (Å²) in [6.07, 6.45) is 0. The maximum Gasteiger partial charge on any atom is 0 e. The molecule has 0 saturated carbocycles. The molecule has 0 aromatic heterocycles. The van der Waals surface area contributed by atoms with E-state index < -0.39 is 0 Å². The van der Waals surface area contributed by atoms with Crippen molar-refractivity contribution in [3.63, 3.8) is 0 Å². The van der Waals surface area contributed by atoms with E-state index in [9.17, 15) is 0 Å². The van der Waals surface area contributed by atoms with E-state index in [4.69, 9.17) is 0 Å². The summed E-state index contributed by atoms with van der Waals surface area (Å²) in [4.78, 5) is 0. The topological polar surface area (TPSA) is 945 Å². The van der Waals surface area contributed by atoms with Gasteiger partial charge in [0, 0.05) is 171 Å². The maximum atomic E-state index is 0. The Morgan fingerprint density at radius 2 is 0.0500 bits per heavy atom. The second-order valence-electron chi connectivity index (χ2n) is 0. The minimum absolute atomic E-state index is 0. The first-order valence-corrected chi connectivity index (χ1v) is 0. The van der Waals surface area contributed by atoms with Gasteiger partial charge in [0.05, 0.1) is 0 Å². The molecule has 0 bridgehead atoms. The zero-order valence-corrected chi connectivity index (χ0v) is 29.6. The molecule has 0 aromatic rings. The van der Waals surface area contributed by atoms with Crippen LogP contribution in [0.3, 0.4) is 0 Å². The van der Waals surface area contributed by atoms with Crippen molar-refractivity contribution in [2.45, 2.75) is 0 Å². The van der Waals surface area contributed by atoms with Crippen molar-refractivity contribution in [1.29, 1.82) is 0 Å². The third kappa shape index (κ3) is 4420. The van der Waals surface area contributed by atoms with Gasteiger partial charge < -0.3 is 164 Å². The summed E-state index contributed by atoms with van der Waals surface area (Å²) in [5.74, 6) is 0. The summed E-state index contributed by atoms with van der Waals surface area (Å²) in [6, 6.07) is 0. The molecule has 30 nitrogen and oxygen atoms in total. The Kier molecular flexibility index (Phi) is 605000. The molecule has 0 amide bonds. The molecule has 60 N–H and O–H groups in total. The van der Waals surface area contributed by atoms with E-state index in [0.29, 0.717) is 0 Å². The van der Waals surface area contributed by atoms with E-state index >= 15 is 0 Å². The van der Waals surface area contributed by atoms with Crippen LogP contribution in [0.4, 0.5) is 0 Å². The second-order valence-corrected chi connectivity index (χ2v) is 0. The van der Waals surface area contributed by atoms with E-state index in [2.05, 4.69) is 0 Å². The second kappa shape index (κ2) is 4750. The molecule has 40 heavy (non-hydrogen) atoms. The molecule has 0 fully saturated rings. The minimum atomic E-state index is 0. The van der Waals surface area contributed by atoms with Crippen molar-refractivity contribution in [3.05, 3.63) is 0 Å². The van der Waals surface area contributed by atoms with Gasteiger partial charge in [-0.3, -0.25) is 0 Å². The van der Waals surface area contributed by atoms with Crippen molar-refractivity contribution >= 4 is 0 Å². The summed E-state index contributed by atoms with van der Waals surface area (Å²) >= 11 is 0. The summed E-state index contributed by atoms with van der Waals surface area (Å²) in [5.41, 5.74) is 0. The molecule has 0 aliphatic carbocycles. The van der Waals surface area contributed by atoms with Crippen molar-refractivity contribution in [2.24, 2.45) is 0 Å². The molecule has 0 unspecified atom stereocenters. The van der Waals surface area contributed by atoms with Gasteiger partial charge in [0.1, 0.15) is 0 Å². The van der Waals surface area contributed by atoms with E-state index in [-0.39, 0.29) is 335 Å². The largest absolute Gasteiger partial charge is 0.412 e. The first-order valence-electron chi connectivity index (χ1n) is 0. The Labute approximate surface area is 332 Å². The molecule has 0 radical (unpaired) electrons. The summed E-state index contributed by atoms with van der Waals surface area (Å²) < 4.78 is 0. The Morgan fingerprint density at radius 1 is 0.0500 bits per heavy atom. The number of hydrogen-bond donors (Lipinski definition) is 0. The standard InChI is InChI=1S/10Fe.30H2O/h;;;;;;;;;;30*1H2. The fourth-order valence-corrected chi connectivity index (χ4v) is 0. The zero-order valence-electron chi connectivity index (χ0n) is 18.5. The predicted molar refractivity (Wildman–Crippen MR) is 108 cm³/mol. The quantitative estimate of drug-likeness (QED) is 0.204. The van der Waals surface area contributed by atoms with Crippen LogP contribution >= 0.6 is 0 Å². The number of hydrogen-bond acceptors (Lipinski definition) is 0.